The molecule has 0 amide bonds. The lowest BCUT2D eigenvalue weighted by Crippen LogP contribution is -2.56. The van der Waals surface area contributed by atoms with E-state index in [2.05, 4.69) is 26.7 Å². The van der Waals surface area contributed by atoms with Crippen LogP contribution in [0.5, 0.6) is 0 Å². The summed E-state index contributed by atoms with van der Waals surface area (Å²) in [5, 5.41) is 32.0. The number of hydrogen-bond donors (Lipinski definition) is 8. The lowest BCUT2D eigenvalue weighted by atomic mass is 9.69. The molecular weight excluding hydrogens is 692 g/mol. The molecule has 17 heteroatoms. The first kappa shape index (κ1) is 50.5. The van der Waals surface area contributed by atoms with Crippen LogP contribution in [0.3, 0.4) is 0 Å². The maximum Gasteiger partial charge on any atom is 0.320 e. The van der Waals surface area contributed by atoms with E-state index >= 15 is 0 Å². The molecule has 0 aliphatic rings. The molecule has 0 rings (SSSR count). The van der Waals surface area contributed by atoms with Gasteiger partial charge in [-0.3, -0.25) is 35.1 Å². The number of carbonyl (C=O) groups is 5. The number of Topliss-reactive ketones (excluding diaryl/α,β-unsaturated/α-hetero) is 3. The van der Waals surface area contributed by atoms with Gasteiger partial charge in [0.05, 0.1) is 57.8 Å². The Morgan fingerprint density at radius 1 is 0.660 bits per heavy atom. The molecule has 0 spiro atoms. The van der Waals surface area contributed by atoms with E-state index in [1.165, 1.54) is 6.92 Å². The Labute approximate surface area is 315 Å². The second kappa shape index (κ2) is 25.6. The largest absolute Gasteiger partial charge is 0.481 e. The fourth-order valence-corrected chi connectivity index (χ4v) is 5.26. The number of aliphatic carboxylic acids is 2. The first-order chi connectivity index (χ1) is 24.6. The maximum absolute atomic E-state index is 13.5. The molecule has 0 aliphatic heterocycles. The minimum atomic E-state index is -1.01. The Balaban J connectivity index is 4.55. The topological polar surface area (TPSA) is 249 Å². The zero-order valence-corrected chi connectivity index (χ0v) is 33.6. The highest BCUT2D eigenvalue weighted by Crippen LogP contribution is 2.34. The molecule has 2 unspecified atom stereocenters. The Hall–Kier alpha value is -2.45. The van der Waals surface area contributed by atoms with Crippen molar-refractivity contribution in [2.75, 3.05) is 79.2 Å². The minimum Gasteiger partial charge on any atom is -0.481 e. The molecule has 0 fully saturated rings. The first-order valence-electron chi connectivity index (χ1n) is 18.4. The highest BCUT2D eigenvalue weighted by Gasteiger charge is 2.43. The van der Waals surface area contributed by atoms with E-state index in [-0.39, 0.29) is 63.3 Å². The van der Waals surface area contributed by atoms with Crippen molar-refractivity contribution in [1.29, 1.82) is 0 Å². The molecule has 0 heterocycles. The van der Waals surface area contributed by atoms with Gasteiger partial charge in [0.1, 0.15) is 25.0 Å². The highest BCUT2D eigenvalue weighted by atomic mass is 16.5. The van der Waals surface area contributed by atoms with Gasteiger partial charge >= 0.3 is 11.9 Å². The van der Waals surface area contributed by atoms with Gasteiger partial charge < -0.3 is 45.1 Å². The molecule has 0 aromatic heterocycles. The van der Waals surface area contributed by atoms with Crippen LogP contribution in [-0.4, -0.2) is 141 Å². The van der Waals surface area contributed by atoms with E-state index in [9.17, 15) is 34.2 Å². The standard InChI is InChI=1S/C36H70N6O11/c1-26(43)23-52-21-19-50-17-15-40-35(6,7)30(45)24-53-22-20-51-18-16-41-36(8,9)33(2,3)29(44)13-12-27(31(46)47)34(4,5)39-14-10-11-28(32(48)49)38-25-42-37/h27-28,38-42H,10-25,37H2,1-9H3,(H,46,47)(H,48,49). The van der Waals surface area contributed by atoms with Gasteiger partial charge in [0.2, 0.25) is 0 Å². The quantitative estimate of drug-likeness (QED) is 0.0191. The first-order valence-corrected chi connectivity index (χ1v) is 18.4. The second-order valence-electron chi connectivity index (χ2n) is 15.3. The zero-order chi connectivity index (χ0) is 40.7. The van der Waals surface area contributed by atoms with Crippen molar-refractivity contribution in [3.63, 3.8) is 0 Å². The maximum atomic E-state index is 13.5. The lowest BCUT2D eigenvalue weighted by Gasteiger charge is -2.42. The minimum absolute atomic E-state index is 0.0408. The Morgan fingerprint density at radius 2 is 1.21 bits per heavy atom. The number of ketones is 3. The monoisotopic (exact) mass is 763 g/mol. The number of carboxylic acid groups (broad SMARTS) is 2. The summed E-state index contributed by atoms with van der Waals surface area (Å²) in [6.07, 6.45) is 1.03. The van der Waals surface area contributed by atoms with Crippen molar-refractivity contribution in [3.05, 3.63) is 0 Å². The van der Waals surface area contributed by atoms with Crippen molar-refractivity contribution in [3.8, 4) is 0 Å². The predicted molar refractivity (Wildman–Crippen MR) is 200 cm³/mol. The molecule has 9 N–H and O–H groups in total. The van der Waals surface area contributed by atoms with Gasteiger partial charge in [0.25, 0.3) is 0 Å². The van der Waals surface area contributed by atoms with E-state index in [0.29, 0.717) is 58.9 Å². The summed E-state index contributed by atoms with van der Waals surface area (Å²) in [6.45, 7) is 19.5. The number of rotatable bonds is 35. The molecule has 0 radical (unpaired) electrons. The van der Waals surface area contributed by atoms with Crippen molar-refractivity contribution >= 4 is 29.3 Å². The van der Waals surface area contributed by atoms with Crippen molar-refractivity contribution in [2.45, 2.75) is 111 Å². The van der Waals surface area contributed by atoms with Gasteiger partial charge in [0, 0.05) is 36.0 Å². The molecule has 0 bridgehead atoms. The van der Waals surface area contributed by atoms with Crippen LogP contribution in [-0.2, 0) is 42.9 Å². The lowest BCUT2D eigenvalue weighted by molar-refractivity contribution is -0.145. The SMILES string of the molecule is CC(=O)COCCOCCNC(C)(C)C(=O)COCCOCCNC(C)(C)C(C)(C)C(=O)CCC(C(=O)O)C(C)(C)NCCCC(NCNN)C(=O)O. The number of nitrogens with two attached hydrogens (primary N) is 1. The van der Waals surface area contributed by atoms with E-state index in [1.54, 1.807) is 27.7 Å². The van der Waals surface area contributed by atoms with Crippen LogP contribution in [0.2, 0.25) is 0 Å². The molecule has 0 aromatic carbocycles. The van der Waals surface area contributed by atoms with Crippen LogP contribution in [0.15, 0.2) is 0 Å². The third-order valence-electron chi connectivity index (χ3n) is 9.69. The molecule has 2 atom stereocenters. The average Bonchev–Trinajstić information content (AvgIpc) is 3.05. The van der Waals surface area contributed by atoms with E-state index in [4.69, 9.17) is 24.8 Å². The summed E-state index contributed by atoms with van der Waals surface area (Å²) in [6, 6.07) is -0.789. The zero-order valence-electron chi connectivity index (χ0n) is 33.6. The summed E-state index contributed by atoms with van der Waals surface area (Å²) < 4.78 is 21.8. The summed E-state index contributed by atoms with van der Waals surface area (Å²) in [7, 11) is 0. The van der Waals surface area contributed by atoms with Crippen LogP contribution in [0, 0.1) is 11.3 Å². The second-order valence-corrected chi connectivity index (χ2v) is 15.3. The van der Waals surface area contributed by atoms with Gasteiger partial charge in [-0.25, -0.2) is 5.43 Å². The van der Waals surface area contributed by atoms with Gasteiger partial charge in [-0.05, 0) is 74.3 Å². The smallest absolute Gasteiger partial charge is 0.320 e. The highest BCUT2D eigenvalue weighted by molar-refractivity contribution is 5.88. The molecule has 0 saturated heterocycles. The number of ether oxygens (including phenoxy) is 4. The van der Waals surface area contributed by atoms with Gasteiger partial charge in [-0.15, -0.1) is 0 Å². The molecule has 17 nitrogen and oxygen atoms in total. The predicted octanol–water partition coefficient (Wildman–Crippen LogP) is 0.636. The van der Waals surface area contributed by atoms with E-state index in [1.807, 2.05) is 27.7 Å². The van der Waals surface area contributed by atoms with E-state index in [0.717, 1.165) is 0 Å². The summed E-state index contributed by atoms with van der Waals surface area (Å²) >= 11 is 0. The van der Waals surface area contributed by atoms with E-state index < -0.39 is 45.9 Å². The van der Waals surface area contributed by atoms with Crippen LogP contribution in [0.25, 0.3) is 0 Å². The molecule has 53 heavy (non-hydrogen) atoms. The van der Waals surface area contributed by atoms with Crippen LogP contribution in [0.4, 0.5) is 0 Å². The normalized spacial score (nSPS) is 13.8. The summed E-state index contributed by atoms with van der Waals surface area (Å²) in [5.74, 6) is 2.13. The Morgan fingerprint density at radius 3 is 1.74 bits per heavy atom. The fraction of sp³-hybridized carbons (Fsp3) is 0.861. The Bertz CT molecular complexity index is 1120. The summed E-state index contributed by atoms with van der Waals surface area (Å²) in [4.78, 5) is 60.6. The molecular formula is C36H70N6O11. The molecule has 0 aromatic rings. The number of carboxylic acids is 2. The van der Waals surface area contributed by atoms with Crippen LogP contribution >= 0.6 is 0 Å². The van der Waals surface area contributed by atoms with Crippen molar-refractivity contribution < 1.29 is 53.1 Å². The van der Waals surface area contributed by atoms with Crippen LogP contribution < -0.4 is 32.5 Å². The van der Waals surface area contributed by atoms with Crippen molar-refractivity contribution in [1.82, 2.24) is 26.7 Å². The van der Waals surface area contributed by atoms with Gasteiger partial charge in [0.15, 0.2) is 11.6 Å². The number of nitrogens with one attached hydrogen (secondary N) is 5. The molecule has 310 valence electrons. The fourth-order valence-electron chi connectivity index (χ4n) is 5.26. The number of carbonyl (C=O) groups excluding carboxylic acids is 3. The summed E-state index contributed by atoms with van der Waals surface area (Å²) in [5.41, 5.74) is -0.747. The van der Waals surface area contributed by atoms with Gasteiger partial charge in [-0.1, -0.05) is 13.8 Å². The van der Waals surface area contributed by atoms with Crippen molar-refractivity contribution in [2.24, 2.45) is 17.2 Å². The number of hydrazine groups is 1. The molecule has 0 saturated carbocycles. The van der Waals surface area contributed by atoms with Gasteiger partial charge in [-0.2, -0.15) is 0 Å². The average molecular weight is 763 g/mol. The van der Waals surface area contributed by atoms with Crippen LogP contribution in [0.1, 0.15) is 88.0 Å². The molecule has 0 aliphatic carbocycles. The Kier molecular flexibility index (Phi) is 24.4. The third kappa shape index (κ3) is 20.7. The number of hydrogen-bond acceptors (Lipinski definition) is 15. The third-order valence-corrected chi connectivity index (χ3v) is 9.69.